The number of nitrogens with one attached hydrogen (secondary N) is 2. The number of amides is 2. The molecule has 7 heteroatoms. The molecule has 0 spiro atoms. The maximum atomic E-state index is 13.0. The molecule has 0 bridgehead atoms. The van der Waals surface area contributed by atoms with Crippen LogP contribution in [0.1, 0.15) is 15.9 Å². The molecule has 0 atom stereocenters. The highest BCUT2D eigenvalue weighted by atomic mass is 19.2. The van der Waals surface area contributed by atoms with Crippen molar-refractivity contribution in [2.75, 3.05) is 11.9 Å². The van der Waals surface area contributed by atoms with E-state index in [-0.39, 0.29) is 12.1 Å². The quantitative estimate of drug-likeness (QED) is 0.907. The minimum absolute atomic E-state index is 0.0879. The van der Waals surface area contributed by atoms with Gasteiger partial charge < -0.3 is 10.6 Å². The topological polar surface area (TPSA) is 82.0 Å². The van der Waals surface area contributed by atoms with E-state index in [1.165, 1.54) is 12.1 Å². The highest BCUT2D eigenvalue weighted by Crippen LogP contribution is 2.09. The summed E-state index contributed by atoms with van der Waals surface area (Å²) in [6.45, 7) is -0.335. The zero-order chi connectivity index (χ0) is 16.8. The lowest BCUT2D eigenvalue weighted by Gasteiger charge is -2.07. The number of rotatable bonds is 4. The number of nitrogens with zero attached hydrogens (tertiary/aromatic N) is 1. The van der Waals surface area contributed by atoms with E-state index in [0.717, 1.165) is 18.2 Å². The standard InChI is InChI=1S/C16H11F2N3O2/c17-13-6-3-11(7-14(13)18)16(23)20-9-15(22)21-12-4-1-10(8-19)2-5-12/h1-7H,9H2,(H,20,23)(H,21,22). The van der Waals surface area contributed by atoms with Crippen LogP contribution in [-0.2, 0) is 4.79 Å². The smallest absolute Gasteiger partial charge is 0.251 e. The molecule has 0 aliphatic rings. The van der Waals surface area contributed by atoms with E-state index in [1.807, 2.05) is 6.07 Å². The van der Waals surface area contributed by atoms with Gasteiger partial charge in [-0.1, -0.05) is 0 Å². The average Bonchev–Trinajstić information content (AvgIpc) is 2.56. The second-order valence-electron chi connectivity index (χ2n) is 4.55. The van der Waals surface area contributed by atoms with E-state index in [0.29, 0.717) is 11.3 Å². The first-order valence-electron chi connectivity index (χ1n) is 6.53. The fourth-order valence-electron chi connectivity index (χ4n) is 1.73. The van der Waals surface area contributed by atoms with Crippen molar-refractivity contribution in [3.8, 4) is 6.07 Å². The fourth-order valence-corrected chi connectivity index (χ4v) is 1.73. The largest absolute Gasteiger partial charge is 0.343 e. The summed E-state index contributed by atoms with van der Waals surface area (Å²) >= 11 is 0. The van der Waals surface area contributed by atoms with Crippen molar-refractivity contribution in [1.29, 1.82) is 5.26 Å². The molecule has 2 amide bonds. The van der Waals surface area contributed by atoms with Crippen molar-refractivity contribution in [1.82, 2.24) is 5.32 Å². The summed E-state index contributed by atoms with van der Waals surface area (Å²) in [5, 5.41) is 13.5. The Balaban J connectivity index is 1.89. The summed E-state index contributed by atoms with van der Waals surface area (Å²) in [4.78, 5) is 23.4. The lowest BCUT2D eigenvalue weighted by atomic mass is 10.2. The first-order valence-corrected chi connectivity index (χ1v) is 6.53. The Kier molecular flexibility index (Phi) is 5.00. The molecule has 116 valence electrons. The van der Waals surface area contributed by atoms with Gasteiger partial charge in [-0.2, -0.15) is 5.26 Å². The fraction of sp³-hybridized carbons (Fsp3) is 0.0625. The van der Waals surface area contributed by atoms with E-state index in [1.54, 1.807) is 12.1 Å². The van der Waals surface area contributed by atoms with Gasteiger partial charge in [-0.15, -0.1) is 0 Å². The highest BCUT2D eigenvalue weighted by molar-refractivity contribution is 5.99. The first-order chi connectivity index (χ1) is 11.0. The Bertz CT molecular complexity index is 783. The minimum atomic E-state index is -1.14. The minimum Gasteiger partial charge on any atom is -0.343 e. The van der Waals surface area contributed by atoms with E-state index in [9.17, 15) is 18.4 Å². The molecule has 2 N–H and O–H groups in total. The summed E-state index contributed by atoms with van der Waals surface area (Å²) in [7, 11) is 0. The SMILES string of the molecule is N#Cc1ccc(NC(=O)CNC(=O)c2ccc(F)c(F)c2)cc1. The second kappa shape index (κ2) is 7.13. The molecule has 0 heterocycles. The molecular formula is C16H11F2N3O2. The molecule has 2 aromatic carbocycles. The van der Waals surface area contributed by atoms with E-state index in [2.05, 4.69) is 10.6 Å². The van der Waals surface area contributed by atoms with Gasteiger partial charge in [-0.3, -0.25) is 9.59 Å². The third-order valence-electron chi connectivity index (χ3n) is 2.89. The van der Waals surface area contributed by atoms with Crippen molar-refractivity contribution < 1.29 is 18.4 Å². The van der Waals surface area contributed by atoms with Gasteiger partial charge >= 0.3 is 0 Å². The van der Waals surface area contributed by atoms with Crippen LogP contribution >= 0.6 is 0 Å². The molecule has 0 aliphatic carbocycles. The van der Waals surface area contributed by atoms with Crippen LogP contribution in [0, 0.1) is 23.0 Å². The molecule has 0 aliphatic heterocycles. The van der Waals surface area contributed by atoms with Crippen molar-refractivity contribution in [3.05, 3.63) is 65.2 Å². The van der Waals surface area contributed by atoms with Gasteiger partial charge in [0.15, 0.2) is 11.6 Å². The predicted octanol–water partition coefficient (Wildman–Crippen LogP) is 2.20. The number of carbonyl (C=O) groups is 2. The molecule has 0 unspecified atom stereocenters. The van der Waals surface area contributed by atoms with Crippen LogP contribution in [0.25, 0.3) is 0 Å². The molecule has 23 heavy (non-hydrogen) atoms. The molecule has 0 aromatic heterocycles. The summed E-state index contributed by atoms with van der Waals surface area (Å²) < 4.78 is 25.8. The summed E-state index contributed by atoms with van der Waals surface area (Å²) in [6, 6.07) is 10.8. The molecule has 2 aromatic rings. The summed E-state index contributed by atoms with van der Waals surface area (Å²) in [5.41, 5.74) is 0.834. The molecule has 0 radical (unpaired) electrons. The van der Waals surface area contributed by atoms with Crippen molar-refractivity contribution in [2.24, 2.45) is 0 Å². The Hall–Kier alpha value is -3.27. The Labute approximate surface area is 130 Å². The summed E-state index contributed by atoms with van der Waals surface area (Å²) in [5.74, 6) is -3.38. The van der Waals surface area contributed by atoms with E-state index < -0.39 is 23.4 Å². The number of anilines is 1. The second-order valence-corrected chi connectivity index (χ2v) is 4.55. The van der Waals surface area contributed by atoms with Crippen molar-refractivity contribution in [2.45, 2.75) is 0 Å². The highest BCUT2D eigenvalue weighted by Gasteiger charge is 2.11. The number of halogens is 2. The van der Waals surface area contributed by atoms with E-state index in [4.69, 9.17) is 5.26 Å². The van der Waals surface area contributed by atoms with Gasteiger partial charge in [0.25, 0.3) is 5.91 Å². The first kappa shape index (κ1) is 16.1. The number of nitriles is 1. The zero-order valence-corrected chi connectivity index (χ0v) is 11.8. The van der Waals surface area contributed by atoms with Crippen molar-refractivity contribution >= 4 is 17.5 Å². The zero-order valence-electron chi connectivity index (χ0n) is 11.8. The maximum Gasteiger partial charge on any atom is 0.251 e. The monoisotopic (exact) mass is 315 g/mol. The predicted molar refractivity (Wildman–Crippen MR) is 78.5 cm³/mol. The van der Waals surface area contributed by atoms with Crippen LogP contribution in [-0.4, -0.2) is 18.4 Å². The Morgan fingerprint density at radius 3 is 2.35 bits per heavy atom. The van der Waals surface area contributed by atoms with Crippen LogP contribution in [0.15, 0.2) is 42.5 Å². The normalized spacial score (nSPS) is 9.78. The van der Waals surface area contributed by atoms with Crippen LogP contribution < -0.4 is 10.6 Å². The van der Waals surface area contributed by atoms with Crippen LogP contribution in [0.5, 0.6) is 0 Å². The van der Waals surface area contributed by atoms with E-state index >= 15 is 0 Å². The lowest BCUT2D eigenvalue weighted by molar-refractivity contribution is -0.115. The van der Waals surface area contributed by atoms with Crippen molar-refractivity contribution in [3.63, 3.8) is 0 Å². The molecule has 0 saturated carbocycles. The van der Waals surface area contributed by atoms with Crippen LogP contribution in [0.4, 0.5) is 14.5 Å². The third-order valence-corrected chi connectivity index (χ3v) is 2.89. The molecule has 0 fully saturated rings. The average molecular weight is 315 g/mol. The van der Waals surface area contributed by atoms with Gasteiger partial charge in [0.2, 0.25) is 5.91 Å². The molecular weight excluding hydrogens is 304 g/mol. The number of carbonyl (C=O) groups excluding carboxylic acids is 2. The van der Waals surface area contributed by atoms with Gasteiger partial charge in [0.05, 0.1) is 18.2 Å². The van der Waals surface area contributed by atoms with Gasteiger partial charge in [-0.25, -0.2) is 8.78 Å². The number of hydrogen-bond donors (Lipinski definition) is 2. The van der Waals surface area contributed by atoms with Gasteiger partial charge in [0.1, 0.15) is 0 Å². The van der Waals surface area contributed by atoms with Gasteiger partial charge in [0, 0.05) is 11.3 Å². The number of benzene rings is 2. The molecule has 2 rings (SSSR count). The maximum absolute atomic E-state index is 13.0. The molecule has 0 saturated heterocycles. The third kappa shape index (κ3) is 4.35. The van der Waals surface area contributed by atoms with Crippen LogP contribution in [0.3, 0.4) is 0 Å². The Morgan fingerprint density at radius 1 is 1.04 bits per heavy atom. The van der Waals surface area contributed by atoms with Crippen LogP contribution in [0.2, 0.25) is 0 Å². The van der Waals surface area contributed by atoms with Gasteiger partial charge in [-0.05, 0) is 42.5 Å². The number of hydrogen-bond acceptors (Lipinski definition) is 3. The summed E-state index contributed by atoms with van der Waals surface area (Å²) in [6.07, 6.45) is 0. The Morgan fingerprint density at radius 2 is 1.74 bits per heavy atom. The molecule has 5 nitrogen and oxygen atoms in total. The lowest BCUT2D eigenvalue weighted by Crippen LogP contribution is -2.32.